The number of ether oxygens (including phenoxy) is 1. The first kappa shape index (κ1) is 21.8. The molecule has 1 aromatic heterocycles. The Labute approximate surface area is 187 Å². The molecule has 0 fully saturated rings. The molecule has 0 aliphatic rings. The molecule has 152 valence electrons. The molecule has 0 aliphatic heterocycles. The van der Waals surface area contributed by atoms with Crippen molar-refractivity contribution in [3.63, 3.8) is 0 Å². The molecule has 6 nitrogen and oxygen atoms in total. The number of nitrogens with zero attached hydrogens (tertiary/aromatic N) is 3. The fraction of sp³-hybridized carbons (Fsp3) is 0.211. The van der Waals surface area contributed by atoms with E-state index in [1.165, 1.54) is 11.8 Å². The van der Waals surface area contributed by atoms with Crippen LogP contribution in [0.3, 0.4) is 0 Å². The summed E-state index contributed by atoms with van der Waals surface area (Å²) in [6.45, 7) is 1.87. The summed E-state index contributed by atoms with van der Waals surface area (Å²) >= 11 is 19.4. The van der Waals surface area contributed by atoms with Crippen LogP contribution in [-0.4, -0.2) is 26.4 Å². The molecule has 0 aliphatic carbocycles. The first-order chi connectivity index (χ1) is 13.8. The number of carbonyl (C=O) groups excluding carboxylic acids is 1. The van der Waals surface area contributed by atoms with Crippen molar-refractivity contribution in [3.05, 3.63) is 63.4 Å². The molecular weight excluding hydrogens is 455 g/mol. The first-order valence-corrected chi connectivity index (χ1v) is 10.6. The lowest BCUT2D eigenvalue weighted by Gasteiger charge is -2.14. The van der Waals surface area contributed by atoms with Gasteiger partial charge in [-0.3, -0.25) is 4.79 Å². The second kappa shape index (κ2) is 9.71. The van der Waals surface area contributed by atoms with Crippen LogP contribution in [0.4, 0.5) is 5.69 Å². The van der Waals surface area contributed by atoms with Crippen LogP contribution in [0, 0.1) is 0 Å². The van der Waals surface area contributed by atoms with E-state index in [-0.39, 0.29) is 17.8 Å². The summed E-state index contributed by atoms with van der Waals surface area (Å²) in [6, 6.07) is 12.2. The molecule has 29 heavy (non-hydrogen) atoms. The van der Waals surface area contributed by atoms with E-state index in [0.29, 0.717) is 37.5 Å². The molecule has 0 saturated heterocycles. The molecule has 1 atom stereocenters. The fourth-order valence-electron chi connectivity index (χ4n) is 2.53. The number of halogens is 3. The van der Waals surface area contributed by atoms with Crippen molar-refractivity contribution >= 4 is 58.2 Å². The highest BCUT2D eigenvalue weighted by molar-refractivity contribution is 7.99. The lowest BCUT2D eigenvalue weighted by molar-refractivity contribution is -0.113. The first-order valence-electron chi connectivity index (χ1n) is 8.53. The van der Waals surface area contributed by atoms with Crippen molar-refractivity contribution in [2.24, 2.45) is 7.05 Å². The summed E-state index contributed by atoms with van der Waals surface area (Å²) in [4.78, 5) is 12.3. The molecule has 1 amide bonds. The van der Waals surface area contributed by atoms with E-state index in [1.807, 2.05) is 26.1 Å². The van der Waals surface area contributed by atoms with E-state index in [0.717, 1.165) is 0 Å². The smallest absolute Gasteiger partial charge is 0.234 e. The number of para-hydroxylation sites is 1. The van der Waals surface area contributed by atoms with Crippen LogP contribution in [0.1, 0.15) is 18.9 Å². The van der Waals surface area contributed by atoms with Gasteiger partial charge in [-0.2, -0.15) is 0 Å². The van der Waals surface area contributed by atoms with E-state index in [1.54, 1.807) is 34.9 Å². The molecule has 2 aromatic carbocycles. The van der Waals surface area contributed by atoms with Gasteiger partial charge in [0.2, 0.25) is 5.91 Å². The van der Waals surface area contributed by atoms with Crippen LogP contribution in [-0.2, 0) is 11.8 Å². The Bertz CT molecular complexity index is 1010. The Balaban J connectivity index is 1.61. The van der Waals surface area contributed by atoms with Gasteiger partial charge in [-0.25, -0.2) is 0 Å². The molecule has 0 spiro atoms. The average Bonchev–Trinajstić information content (AvgIpc) is 3.04. The van der Waals surface area contributed by atoms with Crippen LogP contribution in [0.15, 0.2) is 47.6 Å². The van der Waals surface area contributed by atoms with Crippen molar-refractivity contribution in [2.75, 3.05) is 11.1 Å². The number of amides is 1. The Morgan fingerprint density at radius 2 is 1.86 bits per heavy atom. The minimum absolute atomic E-state index is 0.122. The predicted octanol–water partition coefficient (Wildman–Crippen LogP) is 5.65. The quantitative estimate of drug-likeness (QED) is 0.451. The van der Waals surface area contributed by atoms with Gasteiger partial charge in [0.15, 0.2) is 17.1 Å². The van der Waals surface area contributed by atoms with Crippen LogP contribution in [0.25, 0.3) is 0 Å². The number of aromatic nitrogens is 3. The van der Waals surface area contributed by atoms with Gasteiger partial charge in [-0.05, 0) is 37.3 Å². The zero-order valence-corrected chi connectivity index (χ0v) is 18.6. The molecule has 0 saturated carbocycles. The van der Waals surface area contributed by atoms with Gasteiger partial charge in [-0.1, -0.05) is 58.7 Å². The molecule has 0 bridgehead atoms. The number of benzene rings is 2. The molecule has 10 heteroatoms. The van der Waals surface area contributed by atoms with Gasteiger partial charge in [0.25, 0.3) is 0 Å². The summed E-state index contributed by atoms with van der Waals surface area (Å²) < 4.78 is 7.67. The Kier molecular flexibility index (Phi) is 7.29. The summed E-state index contributed by atoms with van der Waals surface area (Å²) in [5.41, 5.74) is 0.392. The maximum Gasteiger partial charge on any atom is 0.234 e. The minimum atomic E-state index is -0.351. The molecule has 1 N–H and O–H groups in total. The Morgan fingerprint density at radius 3 is 2.55 bits per heavy atom. The Hall–Kier alpha value is -1.93. The molecule has 0 radical (unpaired) electrons. The maximum absolute atomic E-state index is 12.3. The van der Waals surface area contributed by atoms with Crippen molar-refractivity contribution < 1.29 is 9.53 Å². The third-order valence-corrected chi connectivity index (χ3v) is 5.79. The standard InChI is InChI=1S/C19H17Cl3N4O2S/c1-11(28-13-6-3-5-12(20)9-13)18-24-25-19(26(18)2)29-10-16(27)23-17-14(21)7-4-8-15(17)22/h3-9,11H,10H2,1-2H3,(H,23,27). The van der Waals surface area contributed by atoms with Crippen molar-refractivity contribution in [1.29, 1.82) is 0 Å². The number of nitrogens with one attached hydrogen (secondary N) is 1. The van der Waals surface area contributed by atoms with Crippen molar-refractivity contribution in [2.45, 2.75) is 18.2 Å². The third kappa shape index (κ3) is 5.57. The number of thioether (sulfide) groups is 1. The van der Waals surface area contributed by atoms with E-state index in [4.69, 9.17) is 39.5 Å². The lowest BCUT2D eigenvalue weighted by atomic mass is 10.3. The van der Waals surface area contributed by atoms with E-state index >= 15 is 0 Å². The minimum Gasteiger partial charge on any atom is -0.483 e. The predicted molar refractivity (Wildman–Crippen MR) is 117 cm³/mol. The van der Waals surface area contributed by atoms with Gasteiger partial charge in [0, 0.05) is 12.1 Å². The van der Waals surface area contributed by atoms with Crippen LogP contribution < -0.4 is 10.1 Å². The zero-order chi connectivity index (χ0) is 21.0. The second-order valence-corrected chi connectivity index (χ2v) is 8.24. The summed E-state index contributed by atoms with van der Waals surface area (Å²) in [5, 5.41) is 13.0. The fourth-order valence-corrected chi connectivity index (χ4v) is 3.92. The van der Waals surface area contributed by atoms with Crippen LogP contribution in [0.5, 0.6) is 5.75 Å². The third-order valence-electron chi connectivity index (χ3n) is 3.90. The number of carbonyl (C=O) groups is 1. The zero-order valence-electron chi connectivity index (χ0n) is 15.5. The maximum atomic E-state index is 12.3. The van der Waals surface area contributed by atoms with Crippen molar-refractivity contribution in [1.82, 2.24) is 14.8 Å². The topological polar surface area (TPSA) is 69.0 Å². The van der Waals surface area contributed by atoms with Gasteiger partial charge in [-0.15, -0.1) is 10.2 Å². The van der Waals surface area contributed by atoms with Gasteiger partial charge in [0.1, 0.15) is 5.75 Å². The highest BCUT2D eigenvalue weighted by Crippen LogP contribution is 2.30. The van der Waals surface area contributed by atoms with Gasteiger partial charge >= 0.3 is 0 Å². The van der Waals surface area contributed by atoms with E-state index in [9.17, 15) is 4.79 Å². The highest BCUT2D eigenvalue weighted by Gasteiger charge is 2.18. The number of hydrogen-bond donors (Lipinski definition) is 1. The average molecular weight is 472 g/mol. The highest BCUT2D eigenvalue weighted by atomic mass is 35.5. The molecule has 3 aromatic rings. The number of hydrogen-bond acceptors (Lipinski definition) is 5. The monoisotopic (exact) mass is 470 g/mol. The van der Waals surface area contributed by atoms with Gasteiger partial charge < -0.3 is 14.6 Å². The van der Waals surface area contributed by atoms with E-state index in [2.05, 4.69) is 15.5 Å². The van der Waals surface area contributed by atoms with Crippen molar-refractivity contribution in [3.8, 4) is 5.75 Å². The van der Waals surface area contributed by atoms with Crippen LogP contribution >= 0.6 is 46.6 Å². The molecule has 3 rings (SSSR count). The van der Waals surface area contributed by atoms with Crippen LogP contribution in [0.2, 0.25) is 15.1 Å². The Morgan fingerprint density at radius 1 is 1.17 bits per heavy atom. The lowest BCUT2D eigenvalue weighted by Crippen LogP contribution is -2.15. The normalized spacial score (nSPS) is 11.9. The molecule has 1 heterocycles. The van der Waals surface area contributed by atoms with Gasteiger partial charge in [0.05, 0.1) is 21.5 Å². The second-order valence-electron chi connectivity index (χ2n) is 6.05. The molecular formula is C19H17Cl3N4O2S. The number of anilines is 1. The summed E-state index contributed by atoms with van der Waals surface area (Å²) in [5.74, 6) is 1.13. The molecule has 1 unspecified atom stereocenters. The number of rotatable bonds is 7. The largest absolute Gasteiger partial charge is 0.483 e. The van der Waals surface area contributed by atoms with E-state index < -0.39 is 0 Å². The SMILES string of the molecule is CC(Oc1cccc(Cl)c1)c1nnc(SCC(=O)Nc2c(Cl)cccc2Cl)n1C. The summed E-state index contributed by atoms with van der Waals surface area (Å²) in [6.07, 6.45) is -0.351. The summed E-state index contributed by atoms with van der Waals surface area (Å²) in [7, 11) is 1.82.